The molecule has 4 heterocycles. The Hall–Kier alpha value is -4.44. The summed E-state index contributed by atoms with van der Waals surface area (Å²) in [5.74, 6) is -0.910. The van der Waals surface area contributed by atoms with E-state index in [-0.39, 0.29) is 5.69 Å². The number of aromatic amines is 1. The number of methoxy groups -OCH3 is 2. The van der Waals surface area contributed by atoms with Crippen molar-refractivity contribution in [3.63, 3.8) is 0 Å². The van der Waals surface area contributed by atoms with Crippen LogP contribution < -0.4 is 5.46 Å². The lowest BCUT2D eigenvalue weighted by Crippen LogP contribution is -2.29. The van der Waals surface area contributed by atoms with E-state index in [0.717, 1.165) is 14.6 Å². The Bertz CT molecular complexity index is 1880. The number of nitrogens with one attached hydrogen (secondary N) is 1. The van der Waals surface area contributed by atoms with Gasteiger partial charge in [-0.15, -0.1) is 0 Å². The lowest BCUT2D eigenvalue weighted by Gasteiger charge is -2.02. The van der Waals surface area contributed by atoms with Crippen LogP contribution in [-0.2, 0) is 9.47 Å². The van der Waals surface area contributed by atoms with Crippen molar-refractivity contribution < 1.29 is 29.1 Å². The normalized spacial score (nSPS) is 10.3. The van der Waals surface area contributed by atoms with Crippen LogP contribution in [0.3, 0.4) is 0 Å². The third-order valence-corrected chi connectivity index (χ3v) is 6.73. The Morgan fingerprint density at radius 3 is 2.12 bits per heavy atom. The zero-order valence-corrected chi connectivity index (χ0v) is 25.9. The summed E-state index contributed by atoms with van der Waals surface area (Å²) in [4.78, 5) is 31.2. The lowest BCUT2D eigenvalue weighted by molar-refractivity contribution is 0.0587. The fourth-order valence-corrected chi connectivity index (χ4v) is 4.57. The van der Waals surface area contributed by atoms with Crippen molar-refractivity contribution >= 4 is 78.4 Å². The molecule has 0 radical (unpaired) electrons. The maximum absolute atomic E-state index is 11.8. The van der Waals surface area contributed by atoms with Gasteiger partial charge in [-0.05, 0) is 60.1 Å². The van der Waals surface area contributed by atoms with Gasteiger partial charge in [0.2, 0.25) is 0 Å². The molecule has 6 aromatic rings. The van der Waals surface area contributed by atoms with Crippen LogP contribution in [0.1, 0.15) is 21.0 Å². The highest BCUT2D eigenvalue weighted by Gasteiger charge is 2.19. The van der Waals surface area contributed by atoms with Crippen LogP contribution in [0.25, 0.3) is 27.8 Å². The number of aromatic nitrogens is 6. The number of ether oxygens (including phenoxy) is 2. The average molecular weight is 710 g/mol. The average Bonchev–Trinajstić information content (AvgIpc) is 3.63. The number of halogens is 2. The number of hydrogen-bond donors (Lipinski definition) is 3. The molecule has 0 amide bonds. The third kappa shape index (κ3) is 7.70. The quantitative estimate of drug-likeness (QED) is 0.181. The maximum Gasteiger partial charge on any atom is 0.488 e. The van der Waals surface area contributed by atoms with E-state index < -0.39 is 19.1 Å². The molecule has 2 aromatic carbocycles. The van der Waals surface area contributed by atoms with E-state index >= 15 is 0 Å². The number of H-pyrrole nitrogens is 1. The molecule has 0 unspecified atom stereocenters. The number of carbonyl (C=O) groups excluding carboxylic acids is 2. The lowest BCUT2D eigenvalue weighted by atomic mass is 9.81. The minimum absolute atomic E-state index is 0.260. The van der Waals surface area contributed by atoms with Crippen LogP contribution in [0.5, 0.6) is 0 Å². The van der Waals surface area contributed by atoms with Crippen molar-refractivity contribution in [1.82, 2.24) is 29.9 Å². The molecule has 218 valence electrons. The zero-order chi connectivity index (χ0) is 30.9. The molecule has 0 saturated carbocycles. The summed E-state index contributed by atoms with van der Waals surface area (Å²) < 4.78 is 12.7. The minimum Gasteiger partial charge on any atom is -0.464 e. The first kappa shape index (κ1) is 31.5. The van der Waals surface area contributed by atoms with Gasteiger partial charge >= 0.3 is 19.1 Å². The maximum atomic E-state index is 11.8. The third-order valence-electron chi connectivity index (χ3n) is 5.74. The Morgan fingerprint density at radius 1 is 0.837 bits per heavy atom. The fourth-order valence-electron chi connectivity index (χ4n) is 3.76. The van der Waals surface area contributed by atoms with Gasteiger partial charge in [0.05, 0.1) is 30.7 Å². The first-order chi connectivity index (χ1) is 20.7. The molecule has 3 N–H and O–H groups in total. The number of carbonyl (C=O) groups is 2. The van der Waals surface area contributed by atoms with Gasteiger partial charge in [-0.1, -0.05) is 50.1 Å². The number of hydrogen-bond acceptors (Lipinski definition) is 10. The molecular weight excluding hydrogens is 687 g/mol. The van der Waals surface area contributed by atoms with Gasteiger partial charge in [0.25, 0.3) is 0 Å². The standard InChI is InChI=1S/C14H10BrN3O2.C8H7N3O2.C6H6BBrO2/c1-20-14(19)12-11-6-3-7-16-13(11)18(17-12)10-5-2-4-9(15)8-10;1-13-8(12)6-5-3-2-4-9-7(5)11-10-6;8-6-3-1-2-5(4-6)7(9)10/h2-8H,1H3;2-4H,1H3,(H,9,10,11);1-4,9-10H. The molecule has 0 fully saturated rings. The van der Waals surface area contributed by atoms with Crippen LogP contribution >= 0.6 is 31.9 Å². The highest BCUT2D eigenvalue weighted by molar-refractivity contribution is 9.10. The summed E-state index contributed by atoms with van der Waals surface area (Å²) in [5.41, 5.74) is 3.04. The second-order valence-corrected chi connectivity index (χ2v) is 10.3. The highest BCUT2D eigenvalue weighted by atomic mass is 79.9. The summed E-state index contributed by atoms with van der Waals surface area (Å²) in [6, 6.07) is 21.6. The van der Waals surface area contributed by atoms with E-state index in [4.69, 9.17) is 14.8 Å². The molecule has 0 aliphatic carbocycles. The van der Waals surface area contributed by atoms with Crippen molar-refractivity contribution in [1.29, 1.82) is 0 Å². The number of esters is 2. The number of benzene rings is 2. The van der Waals surface area contributed by atoms with E-state index in [2.05, 4.69) is 61.9 Å². The van der Waals surface area contributed by atoms with Gasteiger partial charge in [-0.2, -0.15) is 10.2 Å². The van der Waals surface area contributed by atoms with E-state index in [9.17, 15) is 9.59 Å². The fraction of sp³-hybridized carbons (Fsp3) is 0.0714. The van der Waals surface area contributed by atoms with Crippen molar-refractivity contribution in [2.45, 2.75) is 0 Å². The number of rotatable bonds is 4. The summed E-state index contributed by atoms with van der Waals surface area (Å²) in [5, 5.41) is 29.5. The molecule has 0 saturated heterocycles. The molecule has 12 nitrogen and oxygen atoms in total. The smallest absolute Gasteiger partial charge is 0.464 e. The van der Waals surface area contributed by atoms with Gasteiger partial charge in [-0.3, -0.25) is 5.10 Å². The van der Waals surface area contributed by atoms with Crippen molar-refractivity contribution in [2.75, 3.05) is 14.2 Å². The zero-order valence-electron chi connectivity index (χ0n) is 22.7. The molecule has 0 atom stereocenters. The highest BCUT2D eigenvalue weighted by Crippen LogP contribution is 2.22. The topological polar surface area (TPSA) is 165 Å². The van der Waals surface area contributed by atoms with Gasteiger partial charge in [0.1, 0.15) is 0 Å². The second-order valence-electron chi connectivity index (χ2n) is 8.50. The van der Waals surface area contributed by atoms with Crippen LogP contribution in [-0.4, -0.2) is 73.3 Å². The molecule has 0 spiro atoms. The van der Waals surface area contributed by atoms with E-state index in [1.165, 1.54) is 14.2 Å². The molecule has 0 bridgehead atoms. The van der Waals surface area contributed by atoms with Crippen LogP contribution in [0.4, 0.5) is 0 Å². The monoisotopic (exact) mass is 708 g/mol. The van der Waals surface area contributed by atoms with Crippen LogP contribution in [0.15, 0.2) is 94.1 Å². The second kappa shape index (κ2) is 14.6. The number of fused-ring (bicyclic) bond motifs is 2. The molecule has 6 rings (SSSR count). The SMILES string of the molecule is COC(=O)c1[nH]nc2ncccc12.COC(=O)c1nn(-c2cccc(Br)c2)c2ncccc12.OB(O)c1cccc(Br)c1. The summed E-state index contributed by atoms with van der Waals surface area (Å²) in [6.45, 7) is 0. The Kier molecular flexibility index (Phi) is 10.7. The van der Waals surface area contributed by atoms with Crippen LogP contribution in [0, 0.1) is 0 Å². The predicted molar refractivity (Wildman–Crippen MR) is 167 cm³/mol. The molecule has 0 aliphatic rings. The van der Waals surface area contributed by atoms with Gasteiger partial charge < -0.3 is 19.5 Å². The first-order valence-corrected chi connectivity index (χ1v) is 14.0. The van der Waals surface area contributed by atoms with Gasteiger partial charge in [0.15, 0.2) is 22.7 Å². The Labute approximate surface area is 262 Å². The molecule has 4 aromatic heterocycles. The van der Waals surface area contributed by atoms with E-state index in [1.807, 2.05) is 30.3 Å². The summed E-state index contributed by atoms with van der Waals surface area (Å²) in [7, 11) is 1.28. The Balaban J connectivity index is 0.000000159. The largest absolute Gasteiger partial charge is 0.488 e. The number of nitrogens with zero attached hydrogens (tertiary/aromatic N) is 5. The number of pyridine rings is 2. The molecule has 43 heavy (non-hydrogen) atoms. The molecule has 0 aliphatic heterocycles. The molecular formula is C28H23BBr2N6O6. The van der Waals surface area contributed by atoms with Crippen molar-refractivity contribution in [3.8, 4) is 5.69 Å². The van der Waals surface area contributed by atoms with E-state index in [0.29, 0.717) is 33.2 Å². The van der Waals surface area contributed by atoms with Gasteiger partial charge in [0, 0.05) is 21.3 Å². The Morgan fingerprint density at radius 2 is 1.49 bits per heavy atom. The summed E-state index contributed by atoms with van der Waals surface area (Å²) >= 11 is 6.63. The molecule has 15 heteroatoms. The van der Waals surface area contributed by atoms with E-state index in [1.54, 1.807) is 59.5 Å². The van der Waals surface area contributed by atoms with Crippen molar-refractivity contribution in [2.24, 2.45) is 0 Å². The first-order valence-electron chi connectivity index (χ1n) is 12.4. The predicted octanol–water partition coefficient (Wildman–Crippen LogP) is 3.84. The minimum atomic E-state index is -1.38. The van der Waals surface area contributed by atoms with Crippen LogP contribution in [0.2, 0.25) is 0 Å². The van der Waals surface area contributed by atoms with Gasteiger partial charge in [-0.25, -0.2) is 24.2 Å². The van der Waals surface area contributed by atoms with Crippen molar-refractivity contribution in [3.05, 3.63) is 106 Å². The summed E-state index contributed by atoms with van der Waals surface area (Å²) in [6.07, 6.45) is 3.28.